The molecule has 0 saturated carbocycles. The van der Waals surface area contributed by atoms with Gasteiger partial charge in [-0.1, -0.05) is 0 Å². The van der Waals surface area contributed by atoms with Crippen LogP contribution in [0.5, 0.6) is 5.88 Å². The SMILES string of the molecule is CCS(=O)(=O)N1CCC[C@@H](Oc2ccncn2)C1. The second-order valence-corrected chi connectivity index (χ2v) is 6.45. The van der Waals surface area contributed by atoms with Crippen LogP contribution < -0.4 is 4.74 Å². The first-order valence-corrected chi connectivity index (χ1v) is 7.63. The molecule has 1 aromatic rings. The lowest BCUT2D eigenvalue weighted by Gasteiger charge is -2.31. The predicted molar refractivity (Wildman–Crippen MR) is 66.7 cm³/mol. The van der Waals surface area contributed by atoms with Crippen LogP contribution in [0.4, 0.5) is 0 Å². The van der Waals surface area contributed by atoms with Crippen LogP contribution in [0.2, 0.25) is 0 Å². The van der Waals surface area contributed by atoms with Crippen molar-refractivity contribution in [1.29, 1.82) is 0 Å². The molecule has 1 aliphatic rings. The first-order chi connectivity index (χ1) is 8.62. The van der Waals surface area contributed by atoms with E-state index in [4.69, 9.17) is 4.74 Å². The lowest BCUT2D eigenvalue weighted by molar-refractivity contribution is 0.124. The number of aromatic nitrogens is 2. The molecule has 6 nitrogen and oxygen atoms in total. The molecule has 0 unspecified atom stereocenters. The molecule has 0 amide bonds. The van der Waals surface area contributed by atoms with E-state index in [1.807, 2.05) is 0 Å². The molecule has 1 aliphatic heterocycles. The summed E-state index contributed by atoms with van der Waals surface area (Å²) < 4.78 is 30.8. The normalized spacial score (nSPS) is 21.7. The molecule has 0 aliphatic carbocycles. The van der Waals surface area contributed by atoms with Crippen molar-refractivity contribution in [3.05, 3.63) is 18.6 Å². The number of nitrogens with zero attached hydrogens (tertiary/aromatic N) is 3. The van der Waals surface area contributed by atoms with E-state index < -0.39 is 10.0 Å². The van der Waals surface area contributed by atoms with Gasteiger partial charge in [0, 0.05) is 18.8 Å². The van der Waals surface area contributed by atoms with E-state index >= 15 is 0 Å². The van der Waals surface area contributed by atoms with Gasteiger partial charge >= 0.3 is 0 Å². The average molecular weight is 271 g/mol. The highest BCUT2D eigenvalue weighted by molar-refractivity contribution is 7.89. The molecule has 2 rings (SSSR count). The maximum Gasteiger partial charge on any atom is 0.216 e. The minimum absolute atomic E-state index is 0.130. The van der Waals surface area contributed by atoms with Gasteiger partial charge in [0.05, 0.1) is 12.3 Å². The summed E-state index contributed by atoms with van der Waals surface area (Å²) in [5, 5.41) is 0. The topological polar surface area (TPSA) is 72.4 Å². The Balaban J connectivity index is 1.99. The highest BCUT2D eigenvalue weighted by Crippen LogP contribution is 2.18. The Kier molecular flexibility index (Phi) is 4.13. The Hall–Kier alpha value is -1.21. The van der Waals surface area contributed by atoms with E-state index in [0.717, 1.165) is 12.8 Å². The van der Waals surface area contributed by atoms with E-state index in [1.165, 1.54) is 10.6 Å². The molecule has 2 heterocycles. The van der Waals surface area contributed by atoms with E-state index in [-0.39, 0.29) is 11.9 Å². The fourth-order valence-electron chi connectivity index (χ4n) is 1.96. The lowest BCUT2D eigenvalue weighted by Crippen LogP contribution is -2.44. The minimum atomic E-state index is -3.13. The van der Waals surface area contributed by atoms with Gasteiger partial charge in [0.25, 0.3) is 0 Å². The third-order valence-corrected chi connectivity index (χ3v) is 4.79. The summed E-state index contributed by atoms with van der Waals surface area (Å²) in [6.45, 7) is 2.64. The fraction of sp³-hybridized carbons (Fsp3) is 0.636. The Bertz CT molecular complexity index is 478. The molecule has 1 aromatic heterocycles. The number of rotatable bonds is 4. The Morgan fingerprint density at radius 3 is 3.06 bits per heavy atom. The molecular weight excluding hydrogens is 254 g/mol. The van der Waals surface area contributed by atoms with Gasteiger partial charge in [-0.2, -0.15) is 4.31 Å². The van der Waals surface area contributed by atoms with Crippen LogP contribution in [0.1, 0.15) is 19.8 Å². The molecule has 0 aromatic carbocycles. The van der Waals surface area contributed by atoms with Gasteiger partial charge in [0.1, 0.15) is 12.4 Å². The number of ether oxygens (including phenoxy) is 1. The lowest BCUT2D eigenvalue weighted by atomic mass is 10.1. The van der Waals surface area contributed by atoms with Crippen LogP contribution in [0.15, 0.2) is 18.6 Å². The summed E-state index contributed by atoms with van der Waals surface area (Å²) in [6.07, 6.45) is 4.55. The summed E-state index contributed by atoms with van der Waals surface area (Å²) in [5.41, 5.74) is 0. The highest BCUT2D eigenvalue weighted by Gasteiger charge is 2.28. The van der Waals surface area contributed by atoms with Gasteiger partial charge in [-0.15, -0.1) is 0 Å². The second kappa shape index (κ2) is 5.62. The Morgan fingerprint density at radius 2 is 2.39 bits per heavy atom. The summed E-state index contributed by atoms with van der Waals surface area (Å²) in [7, 11) is -3.13. The quantitative estimate of drug-likeness (QED) is 0.804. The Morgan fingerprint density at radius 1 is 1.56 bits per heavy atom. The molecule has 1 fully saturated rings. The zero-order valence-electron chi connectivity index (χ0n) is 10.3. The number of sulfonamides is 1. The minimum Gasteiger partial charge on any atom is -0.473 e. The molecule has 0 N–H and O–H groups in total. The van der Waals surface area contributed by atoms with E-state index in [0.29, 0.717) is 19.0 Å². The summed E-state index contributed by atoms with van der Waals surface area (Å²) in [4.78, 5) is 7.79. The summed E-state index contributed by atoms with van der Waals surface area (Å²) in [5.74, 6) is 0.624. The largest absolute Gasteiger partial charge is 0.473 e. The van der Waals surface area contributed by atoms with Crippen molar-refractivity contribution in [2.45, 2.75) is 25.9 Å². The van der Waals surface area contributed by atoms with Crippen LogP contribution >= 0.6 is 0 Å². The van der Waals surface area contributed by atoms with Crippen molar-refractivity contribution in [3.63, 3.8) is 0 Å². The molecule has 100 valence electrons. The summed E-state index contributed by atoms with van der Waals surface area (Å²) >= 11 is 0. The second-order valence-electron chi connectivity index (χ2n) is 4.19. The van der Waals surface area contributed by atoms with Crippen LogP contribution in [-0.2, 0) is 10.0 Å². The molecule has 0 spiro atoms. The van der Waals surface area contributed by atoms with Gasteiger partial charge in [0.2, 0.25) is 15.9 Å². The molecule has 18 heavy (non-hydrogen) atoms. The van der Waals surface area contributed by atoms with Gasteiger partial charge in [-0.25, -0.2) is 18.4 Å². The molecule has 1 atom stereocenters. The predicted octanol–water partition coefficient (Wildman–Crippen LogP) is 0.670. The summed E-state index contributed by atoms with van der Waals surface area (Å²) in [6, 6.07) is 1.67. The van der Waals surface area contributed by atoms with E-state index in [9.17, 15) is 8.42 Å². The van der Waals surface area contributed by atoms with Crippen LogP contribution in [0.25, 0.3) is 0 Å². The van der Waals surface area contributed by atoms with Crippen LogP contribution in [0.3, 0.4) is 0 Å². The number of hydrogen-bond acceptors (Lipinski definition) is 5. The number of piperidine rings is 1. The van der Waals surface area contributed by atoms with Crippen LogP contribution in [0, 0.1) is 0 Å². The maximum absolute atomic E-state index is 11.8. The van der Waals surface area contributed by atoms with E-state index in [2.05, 4.69) is 9.97 Å². The molecule has 7 heteroatoms. The van der Waals surface area contributed by atoms with Gasteiger partial charge in [0.15, 0.2) is 0 Å². The van der Waals surface area contributed by atoms with Crippen LogP contribution in [-0.4, -0.2) is 47.6 Å². The molecular formula is C11H17N3O3S. The van der Waals surface area contributed by atoms with Crippen molar-refractivity contribution >= 4 is 10.0 Å². The Labute approximate surface area is 107 Å². The third-order valence-electron chi connectivity index (χ3n) is 2.94. The zero-order chi connectivity index (χ0) is 13.0. The molecule has 0 bridgehead atoms. The van der Waals surface area contributed by atoms with Crippen molar-refractivity contribution in [3.8, 4) is 5.88 Å². The van der Waals surface area contributed by atoms with Gasteiger partial charge in [-0.05, 0) is 19.8 Å². The zero-order valence-corrected chi connectivity index (χ0v) is 11.1. The molecule has 1 saturated heterocycles. The standard InChI is InChI=1S/C11H17N3O3S/c1-2-18(15,16)14-7-3-4-10(8-14)17-11-5-6-12-9-13-11/h5-6,9-10H,2-4,7-8H2,1H3/t10-/m1/s1. The fourth-order valence-corrected chi connectivity index (χ4v) is 3.12. The first-order valence-electron chi connectivity index (χ1n) is 6.02. The van der Waals surface area contributed by atoms with Gasteiger partial charge < -0.3 is 4.74 Å². The smallest absolute Gasteiger partial charge is 0.216 e. The van der Waals surface area contributed by atoms with Gasteiger partial charge in [-0.3, -0.25) is 0 Å². The monoisotopic (exact) mass is 271 g/mol. The maximum atomic E-state index is 11.8. The van der Waals surface area contributed by atoms with Crippen molar-refractivity contribution in [2.75, 3.05) is 18.8 Å². The molecule has 0 radical (unpaired) electrons. The number of hydrogen-bond donors (Lipinski definition) is 0. The van der Waals surface area contributed by atoms with E-state index in [1.54, 1.807) is 19.2 Å². The van der Waals surface area contributed by atoms with Crippen molar-refractivity contribution < 1.29 is 13.2 Å². The van der Waals surface area contributed by atoms with Crippen molar-refractivity contribution in [1.82, 2.24) is 14.3 Å². The highest BCUT2D eigenvalue weighted by atomic mass is 32.2. The third kappa shape index (κ3) is 3.17. The average Bonchev–Trinajstić information content (AvgIpc) is 2.40. The van der Waals surface area contributed by atoms with Crippen molar-refractivity contribution in [2.24, 2.45) is 0 Å². The first kappa shape index (κ1) is 13.2.